The third kappa shape index (κ3) is 3.58. The van der Waals surface area contributed by atoms with E-state index in [4.69, 9.17) is 5.26 Å². The average Bonchev–Trinajstić information content (AvgIpc) is 2.93. The maximum absolute atomic E-state index is 8.45. The second kappa shape index (κ2) is 6.78. The van der Waals surface area contributed by atoms with E-state index in [-0.39, 0.29) is 0 Å². The van der Waals surface area contributed by atoms with Gasteiger partial charge in [-0.3, -0.25) is 0 Å². The molecule has 1 aromatic carbocycles. The maximum Gasteiger partial charge on any atom is 0.0621 e. The van der Waals surface area contributed by atoms with Crippen LogP contribution in [-0.2, 0) is 0 Å². The van der Waals surface area contributed by atoms with E-state index in [0.717, 1.165) is 12.8 Å². The molecule has 1 heterocycles. The van der Waals surface area contributed by atoms with Crippen molar-refractivity contribution in [3.63, 3.8) is 0 Å². The topological polar surface area (TPSA) is 23.8 Å². The van der Waals surface area contributed by atoms with Crippen molar-refractivity contribution in [2.75, 3.05) is 0 Å². The normalized spacial score (nSPS) is 10.6. The Labute approximate surface area is 112 Å². The van der Waals surface area contributed by atoms with Crippen LogP contribution in [0.5, 0.6) is 0 Å². The summed E-state index contributed by atoms with van der Waals surface area (Å²) >= 11 is 1.72. The lowest BCUT2D eigenvalue weighted by atomic mass is 10.1. The molecule has 1 nitrogen and oxygen atoms in total. The van der Waals surface area contributed by atoms with E-state index in [1.807, 2.05) is 0 Å². The minimum atomic E-state index is 0.638. The number of rotatable bonds is 5. The van der Waals surface area contributed by atoms with Gasteiger partial charge in [-0.15, -0.1) is 0 Å². The Kier molecular flexibility index (Phi) is 4.75. The van der Waals surface area contributed by atoms with Crippen molar-refractivity contribution in [2.45, 2.75) is 19.3 Å². The third-order valence-corrected chi connectivity index (χ3v) is 3.39. The lowest BCUT2D eigenvalue weighted by molar-refractivity contribution is 0.879. The van der Waals surface area contributed by atoms with Crippen LogP contribution in [0.25, 0.3) is 17.2 Å². The Hall–Kier alpha value is -1.85. The largest absolute Gasteiger partial charge is 0.198 e. The summed E-state index contributed by atoms with van der Waals surface area (Å²) in [6.07, 6.45) is 6.82. The van der Waals surface area contributed by atoms with Gasteiger partial charge in [-0.05, 0) is 52.4 Å². The number of unbranched alkanes of at least 4 members (excludes halogenated alkanes) is 2. The van der Waals surface area contributed by atoms with Crippen LogP contribution in [0.1, 0.15) is 24.8 Å². The first-order valence-electron chi connectivity index (χ1n) is 6.06. The smallest absolute Gasteiger partial charge is 0.0621 e. The third-order valence-electron chi connectivity index (χ3n) is 2.71. The molecule has 0 N–H and O–H groups in total. The van der Waals surface area contributed by atoms with E-state index in [1.165, 1.54) is 16.7 Å². The molecule has 90 valence electrons. The molecule has 2 rings (SSSR count). The van der Waals surface area contributed by atoms with Crippen LogP contribution >= 0.6 is 11.3 Å². The summed E-state index contributed by atoms with van der Waals surface area (Å²) in [7, 11) is 0. The Bertz CT molecular complexity index is 547. The highest BCUT2D eigenvalue weighted by Gasteiger charge is 1.97. The number of nitriles is 1. The minimum absolute atomic E-state index is 0.638. The molecule has 0 unspecified atom stereocenters. The number of hydrogen-bond donors (Lipinski definition) is 0. The van der Waals surface area contributed by atoms with E-state index in [1.54, 1.807) is 11.3 Å². The highest BCUT2D eigenvalue weighted by molar-refractivity contribution is 7.08. The summed E-state index contributed by atoms with van der Waals surface area (Å²) in [6, 6.07) is 12.8. The van der Waals surface area contributed by atoms with Crippen LogP contribution in [-0.4, -0.2) is 0 Å². The second-order valence-corrected chi connectivity index (χ2v) is 4.87. The molecule has 0 spiro atoms. The maximum atomic E-state index is 8.45. The first-order chi connectivity index (χ1) is 8.90. The number of nitrogens with zero attached hydrogens (tertiary/aromatic N) is 1. The SMILES string of the molecule is N#CCCCC=Cc1cccc(-c2ccsc2)c1. The zero-order chi connectivity index (χ0) is 12.6. The van der Waals surface area contributed by atoms with Crippen LogP contribution in [0.2, 0.25) is 0 Å². The fourth-order valence-electron chi connectivity index (χ4n) is 1.77. The molecule has 0 fully saturated rings. The zero-order valence-electron chi connectivity index (χ0n) is 10.2. The Morgan fingerprint density at radius 2 is 2.17 bits per heavy atom. The van der Waals surface area contributed by atoms with Gasteiger partial charge in [-0.2, -0.15) is 16.6 Å². The highest BCUT2D eigenvalue weighted by Crippen LogP contribution is 2.23. The molecule has 0 aliphatic carbocycles. The van der Waals surface area contributed by atoms with E-state index in [0.29, 0.717) is 6.42 Å². The molecule has 2 heteroatoms. The molecule has 0 saturated heterocycles. The van der Waals surface area contributed by atoms with Gasteiger partial charge in [0.2, 0.25) is 0 Å². The van der Waals surface area contributed by atoms with E-state index >= 15 is 0 Å². The molecule has 0 amide bonds. The van der Waals surface area contributed by atoms with Gasteiger partial charge >= 0.3 is 0 Å². The van der Waals surface area contributed by atoms with Gasteiger partial charge in [-0.25, -0.2) is 0 Å². The first kappa shape index (κ1) is 12.6. The molecular formula is C16H15NS. The molecule has 0 radical (unpaired) electrons. The molecule has 18 heavy (non-hydrogen) atoms. The second-order valence-electron chi connectivity index (χ2n) is 4.09. The monoisotopic (exact) mass is 253 g/mol. The van der Waals surface area contributed by atoms with Gasteiger partial charge in [0.05, 0.1) is 6.07 Å². The van der Waals surface area contributed by atoms with E-state index in [9.17, 15) is 0 Å². The summed E-state index contributed by atoms with van der Waals surface area (Å²) in [5, 5.41) is 12.7. The predicted octanol–water partition coefficient (Wildman–Crippen LogP) is 5.12. The zero-order valence-corrected chi connectivity index (χ0v) is 11.0. The van der Waals surface area contributed by atoms with Crippen molar-refractivity contribution in [2.24, 2.45) is 0 Å². The summed E-state index contributed by atoms with van der Waals surface area (Å²) in [5.41, 5.74) is 3.76. The van der Waals surface area contributed by atoms with Gasteiger partial charge in [0, 0.05) is 6.42 Å². The number of hydrogen-bond acceptors (Lipinski definition) is 2. The van der Waals surface area contributed by atoms with Crippen LogP contribution in [0.4, 0.5) is 0 Å². The standard InChI is InChI=1S/C16H15NS/c17-10-4-2-1-3-6-14-7-5-8-15(12-14)16-9-11-18-13-16/h3,5-9,11-13H,1-2,4H2. The molecule has 0 aliphatic rings. The molecule has 0 bridgehead atoms. The molecular weight excluding hydrogens is 238 g/mol. The first-order valence-corrected chi connectivity index (χ1v) is 7.00. The molecule has 0 aliphatic heterocycles. The summed E-state index contributed by atoms with van der Waals surface area (Å²) in [5.74, 6) is 0. The van der Waals surface area contributed by atoms with Gasteiger partial charge in [0.1, 0.15) is 0 Å². The molecule has 0 saturated carbocycles. The number of thiophene rings is 1. The number of allylic oxidation sites excluding steroid dienone is 1. The Morgan fingerprint density at radius 3 is 2.94 bits per heavy atom. The predicted molar refractivity (Wildman–Crippen MR) is 78.3 cm³/mol. The fourth-order valence-corrected chi connectivity index (χ4v) is 2.43. The molecule has 0 atom stereocenters. The number of benzene rings is 1. The van der Waals surface area contributed by atoms with Crippen molar-refractivity contribution in [1.29, 1.82) is 5.26 Å². The fraction of sp³-hybridized carbons (Fsp3) is 0.188. The van der Waals surface area contributed by atoms with Crippen molar-refractivity contribution >= 4 is 17.4 Å². The molecule has 1 aromatic heterocycles. The highest BCUT2D eigenvalue weighted by atomic mass is 32.1. The van der Waals surface area contributed by atoms with Gasteiger partial charge < -0.3 is 0 Å². The van der Waals surface area contributed by atoms with E-state index < -0.39 is 0 Å². The van der Waals surface area contributed by atoms with Crippen LogP contribution in [0.15, 0.2) is 47.2 Å². The van der Waals surface area contributed by atoms with Crippen LogP contribution in [0, 0.1) is 11.3 Å². The Balaban J connectivity index is 2.02. The lowest BCUT2D eigenvalue weighted by Gasteiger charge is -1.99. The van der Waals surface area contributed by atoms with Crippen molar-refractivity contribution in [3.8, 4) is 17.2 Å². The van der Waals surface area contributed by atoms with Crippen molar-refractivity contribution in [1.82, 2.24) is 0 Å². The van der Waals surface area contributed by atoms with Crippen molar-refractivity contribution in [3.05, 3.63) is 52.7 Å². The minimum Gasteiger partial charge on any atom is -0.198 e. The van der Waals surface area contributed by atoms with Crippen LogP contribution in [0.3, 0.4) is 0 Å². The summed E-state index contributed by atoms with van der Waals surface area (Å²) < 4.78 is 0. The van der Waals surface area contributed by atoms with Crippen LogP contribution < -0.4 is 0 Å². The average molecular weight is 253 g/mol. The quantitative estimate of drug-likeness (QED) is 0.678. The van der Waals surface area contributed by atoms with Gasteiger partial charge in [0.15, 0.2) is 0 Å². The summed E-state index contributed by atoms with van der Waals surface area (Å²) in [6.45, 7) is 0. The van der Waals surface area contributed by atoms with Gasteiger partial charge in [-0.1, -0.05) is 30.4 Å². The van der Waals surface area contributed by atoms with Crippen molar-refractivity contribution < 1.29 is 0 Å². The van der Waals surface area contributed by atoms with E-state index in [2.05, 4.69) is 59.3 Å². The molecule has 2 aromatic rings. The van der Waals surface area contributed by atoms with Gasteiger partial charge in [0.25, 0.3) is 0 Å². The Morgan fingerprint density at radius 1 is 1.22 bits per heavy atom. The summed E-state index contributed by atoms with van der Waals surface area (Å²) in [4.78, 5) is 0. The lowest BCUT2D eigenvalue weighted by Crippen LogP contribution is -1.76.